The SMILES string of the molecule is COCCN1C(=O)C(=O)/C(=C(\O)c2ccc(Cl)c(Cl)c2)C1c1ccc(C)o1. The van der Waals surface area contributed by atoms with Crippen LogP contribution in [0.25, 0.3) is 5.76 Å². The van der Waals surface area contributed by atoms with E-state index in [-0.39, 0.29) is 35.1 Å². The summed E-state index contributed by atoms with van der Waals surface area (Å²) < 4.78 is 10.7. The average Bonchev–Trinajstić information content (AvgIpc) is 3.17. The van der Waals surface area contributed by atoms with Crippen LogP contribution >= 0.6 is 23.2 Å². The number of carbonyl (C=O) groups excluding carboxylic acids is 2. The lowest BCUT2D eigenvalue weighted by Gasteiger charge is -2.22. The molecular formula is C19H17Cl2NO5. The zero-order valence-electron chi connectivity index (χ0n) is 14.7. The lowest BCUT2D eigenvalue weighted by atomic mass is 9.99. The van der Waals surface area contributed by atoms with E-state index < -0.39 is 17.7 Å². The van der Waals surface area contributed by atoms with Crippen LogP contribution in [-0.2, 0) is 14.3 Å². The lowest BCUT2D eigenvalue weighted by molar-refractivity contribution is -0.140. The quantitative estimate of drug-likeness (QED) is 0.459. The summed E-state index contributed by atoms with van der Waals surface area (Å²) in [7, 11) is 1.50. The van der Waals surface area contributed by atoms with Gasteiger partial charge in [-0.2, -0.15) is 0 Å². The second-order valence-electron chi connectivity index (χ2n) is 6.06. The van der Waals surface area contributed by atoms with Gasteiger partial charge >= 0.3 is 0 Å². The molecule has 1 saturated heterocycles. The smallest absolute Gasteiger partial charge is 0.295 e. The fourth-order valence-corrected chi connectivity index (χ4v) is 3.29. The Kier molecular flexibility index (Phi) is 5.60. The zero-order chi connectivity index (χ0) is 19.7. The van der Waals surface area contributed by atoms with Gasteiger partial charge in [-0.3, -0.25) is 9.59 Å². The highest BCUT2D eigenvalue weighted by molar-refractivity contribution is 6.46. The first-order valence-corrected chi connectivity index (χ1v) is 8.90. The number of hydrogen-bond acceptors (Lipinski definition) is 5. The van der Waals surface area contributed by atoms with E-state index in [1.54, 1.807) is 19.1 Å². The zero-order valence-corrected chi connectivity index (χ0v) is 16.2. The number of methoxy groups -OCH3 is 1. The largest absolute Gasteiger partial charge is 0.507 e. The number of aryl methyl sites for hydroxylation is 1. The van der Waals surface area contributed by atoms with Crippen LogP contribution in [0.5, 0.6) is 0 Å². The highest BCUT2D eigenvalue weighted by Crippen LogP contribution is 2.40. The third-order valence-corrected chi connectivity index (χ3v) is 5.04. The van der Waals surface area contributed by atoms with Crippen LogP contribution in [0.15, 0.2) is 40.3 Å². The van der Waals surface area contributed by atoms with Crippen molar-refractivity contribution in [2.45, 2.75) is 13.0 Å². The number of Topliss-reactive ketones (excluding diaryl/α,β-unsaturated/α-hetero) is 1. The van der Waals surface area contributed by atoms with Crippen LogP contribution in [0.4, 0.5) is 0 Å². The van der Waals surface area contributed by atoms with Gasteiger partial charge in [-0.05, 0) is 37.3 Å². The standard InChI is InChI=1S/C19H17Cl2NO5/c1-10-3-6-14(27-10)16-15(18(24)19(25)22(16)7-8-26-2)17(23)11-4-5-12(20)13(21)9-11/h3-6,9,16,23H,7-8H2,1-2H3/b17-15-. The summed E-state index contributed by atoms with van der Waals surface area (Å²) in [6.07, 6.45) is 0. The number of hydrogen-bond donors (Lipinski definition) is 1. The molecule has 1 aromatic carbocycles. The van der Waals surface area contributed by atoms with Crippen molar-refractivity contribution in [2.75, 3.05) is 20.3 Å². The number of aliphatic hydroxyl groups excluding tert-OH is 1. The number of rotatable bonds is 5. The minimum Gasteiger partial charge on any atom is -0.507 e. The molecule has 0 radical (unpaired) electrons. The second-order valence-corrected chi connectivity index (χ2v) is 6.88. The molecule has 1 aromatic heterocycles. The number of ketones is 1. The van der Waals surface area contributed by atoms with Crippen LogP contribution in [-0.4, -0.2) is 42.0 Å². The summed E-state index contributed by atoms with van der Waals surface area (Å²) in [5.41, 5.74) is 0.214. The molecule has 27 heavy (non-hydrogen) atoms. The number of nitrogens with zero attached hydrogens (tertiary/aromatic N) is 1. The maximum absolute atomic E-state index is 12.7. The van der Waals surface area contributed by atoms with Crippen molar-refractivity contribution in [1.29, 1.82) is 0 Å². The molecule has 1 amide bonds. The molecule has 8 heteroatoms. The number of ether oxygens (including phenoxy) is 1. The van der Waals surface area contributed by atoms with E-state index in [1.807, 2.05) is 0 Å². The Bertz CT molecular complexity index is 934. The number of aliphatic hydroxyl groups is 1. The van der Waals surface area contributed by atoms with Crippen molar-refractivity contribution in [1.82, 2.24) is 4.90 Å². The normalized spacial score (nSPS) is 19.1. The first-order valence-electron chi connectivity index (χ1n) is 8.14. The summed E-state index contributed by atoms with van der Waals surface area (Å²) in [5.74, 6) is -0.867. The molecule has 2 aromatic rings. The third kappa shape index (κ3) is 3.60. The molecule has 1 fully saturated rings. The Morgan fingerprint density at radius 1 is 1.22 bits per heavy atom. The Hall–Kier alpha value is -2.28. The molecule has 0 spiro atoms. The molecule has 3 rings (SSSR count). The number of amides is 1. The van der Waals surface area contributed by atoms with E-state index in [1.165, 1.54) is 30.2 Å². The second kappa shape index (κ2) is 7.76. The fourth-order valence-electron chi connectivity index (χ4n) is 3.00. The van der Waals surface area contributed by atoms with Crippen LogP contribution in [0, 0.1) is 6.92 Å². The lowest BCUT2D eigenvalue weighted by Crippen LogP contribution is -2.32. The van der Waals surface area contributed by atoms with E-state index >= 15 is 0 Å². The molecule has 0 saturated carbocycles. The van der Waals surface area contributed by atoms with Crippen LogP contribution in [0.1, 0.15) is 23.1 Å². The van der Waals surface area contributed by atoms with Crippen molar-refractivity contribution in [3.63, 3.8) is 0 Å². The fraction of sp³-hybridized carbons (Fsp3) is 0.263. The van der Waals surface area contributed by atoms with Gasteiger partial charge in [0.15, 0.2) is 0 Å². The topological polar surface area (TPSA) is 80.0 Å². The predicted octanol–water partition coefficient (Wildman–Crippen LogP) is 3.96. The molecule has 0 bridgehead atoms. The molecule has 1 aliphatic rings. The summed E-state index contributed by atoms with van der Waals surface area (Å²) in [5, 5.41) is 11.3. The van der Waals surface area contributed by atoms with E-state index in [2.05, 4.69) is 0 Å². The van der Waals surface area contributed by atoms with Crippen LogP contribution in [0.3, 0.4) is 0 Å². The van der Waals surface area contributed by atoms with Crippen molar-refractivity contribution < 1.29 is 23.8 Å². The van der Waals surface area contributed by atoms with Crippen LogP contribution in [0.2, 0.25) is 10.0 Å². The molecule has 1 N–H and O–H groups in total. The minimum atomic E-state index is -0.858. The van der Waals surface area contributed by atoms with E-state index in [0.29, 0.717) is 16.5 Å². The number of benzene rings is 1. The van der Waals surface area contributed by atoms with Crippen molar-refractivity contribution >= 4 is 40.7 Å². The van der Waals surface area contributed by atoms with Gasteiger partial charge in [0.1, 0.15) is 23.3 Å². The van der Waals surface area contributed by atoms with Gasteiger partial charge in [-0.25, -0.2) is 0 Å². The summed E-state index contributed by atoms with van der Waals surface area (Å²) in [6, 6.07) is 7.01. The molecule has 1 aliphatic heterocycles. The van der Waals surface area contributed by atoms with E-state index in [4.69, 9.17) is 32.4 Å². The molecule has 1 atom stereocenters. The van der Waals surface area contributed by atoms with Gasteiger partial charge in [0, 0.05) is 19.2 Å². The Balaban J connectivity index is 2.16. The molecule has 0 aliphatic carbocycles. The highest BCUT2D eigenvalue weighted by Gasteiger charge is 2.47. The van der Waals surface area contributed by atoms with Crippen molar-refractivity contribution in [3.8, 4) is 0 Å². The van der Waals surface area contributed by atoms with Crippen molar-refractivity contribution in [3.05, 3.63) is 63.0 Å². The average molecular weight is 410 g/mol. The number of halogens is 2. The highest BCUT2D eigenvalue weighted by atomic mass is 35.5. The molecule has 6 nitrogen and oxygen atoms in total. The van der Waals surface area contributed by atoms with Gasteiger partial charge in [0.25, 0.3) is 11.7 Å². The van der Waals surface area contributed by atoms with Gasteiger partial charge in [-0.15, -0.1) is 0 Å². The molecule has 2 heterocycles. The number of likely N-dealkylation sites (tertiary alicyclic amines) is 1. The molecule has 142 valence electrons. The van der Waals surface area contributed by atoms with Gasteiger partial charge in [0.2, 0.25) is 0 Å². The number of carbonyl (C=O) groups is 2. The first-order chi connectivity index (χ1) is 12.8. The summed E-state index contributed by atoms with van der Waals surface area (Å²) in [6.45, 7) is 2.16. The Labute approximate surface area is 165 Å². The van der Waals surface area contributed by atoms with Gasteiger partial charge in [-0.1, -0.05) is 23.2 Å². The number of furan rings is 1. The van der Waals surface area contributed by atoms with Crippen LogP contribution < -0.4 is 0 Å². The van der Waals surface area contributed by atoms with Gasteiger partial charge in [0.05, 0.1) is 22.2 Å². The maximum Gasteiger partial charge on any atom is 0.295 e. The third-order valence-electron chi connectivity index (χ3n) is 4.30. The van der Waals surface area contributed by atoms with E-state index in [0.717, 1.165) is 0 Å². The minimum absolute atomic E-state index is 0.0659. The predicted molar refractivity (Wildman–Crippen MR) is 101 cm³/mol. The molecule has 1 unspecified atom stereocenters. The molecular weight excluding hydrogens is 393 g/mol. The van der Waals surface area contributed by atoms with E-state index in [9.17, 15) is 14.7 Å². The first kappa shape index (κ1) is 19.5. The van der Waals surface area contributed by atoms with Crippen molar-refractivity contribution in [2.24, 2.45) is 0 Å². The summed E-state index contributed by atoms with van der Waals surface area (Å²) in [4.78, 5) is 26.6. The maximum atomic E-state index is 12.7. The monoisotopic (exact) mass is 409 g/mol. The summed E-state index contributed by atoms with van der Waals surface area (Å²) >= 11 is 11.9. The Morgan fingerprint density at radius 3 is 2.56 bits per heavy atom. The van der Waals surface area contributed by atoms with Gasteiger partial charge < -0.3 is 19.2 Å². The Morgan fingerprint density at radius 2 is 1.96 bits per heavy atom.